The first kappa shape index (κ1) is 24.9. The minimum Gasteiger partial charge on any atom is -0.369 e. The Hall–Kier alpha value is -2.80. The number of hydrogen-bond donors (Lipinski definition) is 3. The van der Waals surface area contributed by atoms with Gasteiger partial charge in [-0.1, -0.05) is 0 Å². The zero-order valence-electron chi connectivity index (χ0n) is 19.6. The standard InChI is InChI=1S/C23H29F2N5O5S/c24-15-2-3-16(25)17(6-15)30-5-1-4-29(36(30,34)35)11-18(31)28-19-13-7-22(20(26)32)9-14(19)10-23(8-13,12-22)21(27)33/h2-3,6,13-14,19H,1,4-5,7-12H2,(H2,26,32)(H2,27,33)(H,28,31). The van der Waals surface area contributed by atoms with Crippen molar-refractivity contribution >= 4 is 33.6 Å². The molecular weight excluding hydrogens is 496 g/mol. The van der Waals surface area contributed by atoms with Crippen molar-refractivity contribution in [2.75, 3.05) is 23.9 Å². The van der Waals surface area contributed by atoms with Crippen LogP contribution in [0.4, 0.5) is 14.5 Å². The Morgan fingerprint density at radius 1 is 1.00 bits per heavy atom. The van der Waals surface area contributed by atoms with E-state index in [-0.39, 0.29) is 31.0 Å². The Bertz CT molecular complexity index is 1190. The molecule has 4 saturated carbocycles. The molecule has 1 heterocycles. The lowest BCUT2D eigenvalue weighted by Crippen LogP contribution is -2.67. The third kappa shape index (κ3) is 3.83. The largest absolute Gasteiger partial charge is 0.369 e. The summed E-state index contributed by atoms with van der Waals surface area (Å²) in [6.07, 6.45) is 2.40. The maximum Gasteiger partial charge on any atom is 0.304 e. The summed E-state index contributed by atoms with van der Waals surface area (Å²) in [5.41, 5.74) is 9.39. The van der Waals surface area contributed by atoms with Crippen LogP contribution < -0.4 is 21.1 Å². The summed E-state index contributed by atoms with van der Waals surface area (Å²) in [5.74, 6) is -3.50. The predicted octanol–water partition coefficient (Wildman–Crippen LogP) is 0.374. The third-order valence-electron chi connectivity index (χ3n) is 8.55. The van der Waals surface area contributed by atoms with Gasteiger partial charge in [0.2, 0.25) is 17.7 Å². The zero-order chi connectivity index (χ0) is 26.0. The summed E-state index contributed by atoms with van der Waals surface area (Å²) in [7, 11) is -4.28. The number of rotatable bonds is 6. The number of benzene rings is 1. The zero-order valence-corrected chi connectivity index (χ0v) is 20.4. The maximum absolute atomic E-state index is 14.3. The SMILES string of the molecule is NC(=O)C12CC3CC(C(N)=O)(CC(C1)C3NC(=O)CN1CCCN(c3cc(F)ccc3F)S1(=O)=O)C2. The number of amides is 3. The smallest absolute Gasteiger partial charge is 0.304 e. The molecule has 1 saturated heterocycles. The van der Waals surface area contributed by atoms with Crippen molar-refractivity contribution in [2.45, 2.75) is 44.6 Å². The molecule has 0 unspecified atom stereocenters. The van der Waals surface area contributed by atoms with Crippen molar-refractivity contribution in [1.82, 2.24) is 9.62 Å². The fraction of sp³-hybridized carbons (Fsp3) is 0.609. The number of hydrogen-bond acceptors (Lipinski definition) is 5. The first-order valence-electron chi connectivity index (χ1n) is 12.0. The second-order valence-corrected chi connectivity index (χ2v) is 12.6. The van der Waals surface area contributed by atoms with Crippen molar-refractivity contribution in [1.29, 1.82) is 0 Å². The van der Waals surface area contributed by atoms with Crippen LogP contribution in [0.1, 0.15) is 38.5 Å². The minimum atomic E-state index is -4.28. The number of carbonyl (C=O) groups is 3. The maximum atomic E-state index is 14.3. The molecule has 13 heteroatoms. The molecule has 1 aliphatic heterocycles. The Labute approximate surface area is 207 Å². The van der Waals surface area contributed by atoms with E-state index < -0.39 is 62.6 Å². The molecule has 0 aromatic heterocycles. The van der Waals surface area contributed by atoms with Gasteiger partial charge < -0.3 is 16.8 Å². The van der Waals surface area contributed by atoms with E-state index in [1.807, 2.05) is 0 Å². The number of anilines is 1. The molecule has 3 amide bonds. The molecule has 10 nitrogen and oxygen atoms in total. The summed E-state index contributed by atoms with van der Waals surface area (Å²) in [6, 6.07) is 2.22. The second kappa shape index (κ2) is 8.37. The minimum absolute atomic E-state index is 0.0437. The molecule has 6 rings (SSSR count). The molecule has 0 spiro atoms. The Balaban J connectivity index is 1.32. The molecule has 1 aromatic rings. The van der Waals surface area contributed by atoms with Crippen LogP contribution in [0.2, 0.25) is 0 Å². The van der Waals surface area contributed by atoms with E-state index in [0.717, 1.165) is 26.8 Å². The van der Waals surface area contributed by atoms with Gasteiger partial charge in [0, 0.05) is 25.2 Å². The van der Waals surface area contributed by atoms with Crippen LogP contribution in [0.3, 0.4) is 0 Å². The lowest BCUT2D eigenvalue weighted by molar-refractivity contribution is -0.169. The molecule has 4 bridgehead atoms. The Morgan fingerprint density at radius 2 is 1.58 bits per heavy atom. The van der Waals surface area contributed by atoms with Crippen LogP contribution in [0.15, 0.2) is 18.2 Å². The van der Waals surface area contributed by atoms with Gasteiger partial charge in [0.25, 0.3) is 0 Å². The highest BCUT2D eigenvalue weighted by Crippen LogP contribution is 2.65. The van der Waals surface area contributed by atoms with E-state index in [4.69, 9.17) is 11.5 Å². The van der Waals surface area contributed by atoms with Gasteiger partial charge in [-0.25, -0.2) is 8.78 Å². The molecule has 5 fully saturated rings. The first-order valence-corrected chi connectivity index (χ1v) is 13.4. The van der Waals surface area contributed by atoms with Crippen LogP contribution in [-0.4, -0.2) is 56.1 Å². The van der Waals surface area contributed by atoms with Gasteiger partial charge in [-0.3, -0.25) is 18.7 Å². The van der Waals surface area contributed by atoms with Gasteiger partial charge in [-0.05, 0) is 62.5 Å². The summed E-state index contributed by atoms with van der Waals surface area (Å²) in [6.45, 7) is -0.484. The number of halogens is 2. The van der Waals surface area contributed by atoms with Crippen LogP contribution >= 0.6 is 0 Å². The highest BCUT2D eigenvalue weighted by atomic mass is 32.2. The monoisotopic (exact) mass is 525 g/mol. The molecule has 5 N–H and O–H groups in total. The van der Waals surface area contributed by atoms with Crippen LogP contribution in [0.5, 0.6) is 0 Å². The number of carbonyl (C=O) groups excluding carboxylic acids is 3. The van der Waals surface area contributed by atoms with E-state index in [9.17, 15) is 31.6 Å². The van der Waals surface area contributed by atoms with E-state index >= 15 is 0 Å². The van der Waals surface area contributed by atoms with Gasteiger partial charge in [0.05, 0.1) is 23.1 Å². The topological polar surface area (TPSA) is 156 Å². The fourth-order valence-electron chi connectivity index (χ4n) is 7.19. The van der Waals surface area contributed by atoms with Gasteiger partial charge in [-0.2, -0.15) is 12.7 Å². The highest BCUT2D eigenvalue weighted by molar-refractivity contribution is 7.90. The van der Waals surface area contributed by atoms with Crippen molar-refractivity contribution < 1.29 is 31.6 Å². The van der Waals surface area contributed by atoms with E-state index in [1.54, 1.807) is 0 Å². The van der Waals surface area contributed by atoms with E-state index in [2.05, 4.69) is 5.32 Å². The molecule has 0 atom stereocenters. The van der Waals surface area contributed by atoms with Gasteiger partial charge in [-0.15, -0.1) is 0 Å². The van der Waals surface area contributed by atoms with Crippen LogP contribution in [-0.2, 0) is 24.6 Å². The third-order valence-corrected chi connectivity index (χ3v) is 10.4. The molecule has 4 aliphatic carbocycles. The lowest BCUT2D eigenvalue weighted by atomic mass is 9.42. The summed E-state index contributed by atoms with van der Waals surface area (Å²) in [5, 5.41) is 2.93. The first-order chi connectivity index (χ1) is 16.9. The Morgan fingerprint density at radius 3 is 2.14 bits per heavy atom. The summed E-state index contributed by atoms with van der Waals surface area (Å²) in [4.78, 5) is 37.7. The van der Waals surface area contributed by atoms with E-state index in [1.165, 1.54) is 0 Å². The fourth-order valence-corrected chi connectivity index (χ4v) is 8.86. The van der Waals surface area contributed by atoms with Gasteiger partial charge in [0.15, 0.2) is 0 Å². The molecule has 196 valence electrons. The second-order valence-electron chi connectivity index (χ2n) is 10.8. The average Bonchev–Trinajstić information content (AvgIpc) is 2.79. The van der Waals surface area contributed by atoms with E-state index in [0.29, 0.717) is 38.5 Å². The number of primary amides is 2. The predicted molar refractivity (Wildman–Crippen MR) is 124 cm³/mol. The molecular formula is C23H29F2N5O5S. The lowest BCUT2D eigenvalue weighted by Gasteiger charge is -2.62. The quantitative estimate of drug-likeness (QED) is 0.489. The molecule has 5 aliphatic rings. The average molecular weight is 526 g/mol. The normalized spacial score (nSPS) is 34.9. The molecule has 1 aromatic carbocycles. The summed E-state index contributed by atoms with van der Waals surface area (Å²) >= 11 is 0. The Kier molecular flexibility index (Phi) is 5.78. The highest BCUT2D eigenvalue weighted by Gasteiger charge is 2.65. The number of nitrogens with one attached hydrogen (secondary N) is 1. The molecule has 0 radical (unpaired) electrons. The number of nitrogens with two attached hydrogens (primary N) is 2. The van der Waals surface area contributed by atoms with Crippen molar-refractivity contribution in [3.8, 4) is 0 Å². The van der Waals surface area contributed by atoms with Gasteiger partial charge in [0.1, 0.15) is 11.6 Å². The van der Waals surface area contributed by atoms with Gasteiger partial charge >= 0.3 is 10.2 Å². The number of nitrogens with zero attached hydrogens (tertiary/aromatic N) is 2. The summed E-state index contributed by atoms with van der Waals surface area (Å²) < 4.78 is 56.0. The van der Waals surface area contributed by atoms with Crippen molar-refractivity contribution in [2.24, 2.45) is 34.1 Å². The van der Waals surface area contributed by atoms with Crippen molar-refractivity contribution in [3.63, 3.8) is 0 Å². The van der Waals surface area contributed by atoms with Crippen LogP contribution in [0, 0.1) is 34.3 Å². The molecule has 36 heavy (non-hydrogen) atoms. The van der Waals surface area contributed by atoms with Crippen LogP contribution in [0.25, 0.3) is 0 Å². The van der Waals surface area contributed by atoms with Crippen molar-refractivity contribution in [3.05, 3.63) is 29.8 Å².